The van der Waals surface area contributed by atoms with E-state index in [1.54, 1.807) is 9.47 Å². The quantitative estimate of drug-likeness (QED) is 0.394. The molecule has 2 aromatic heterocycles. The molecule has 4 rings (SSSR count). The van der Waals surface area contributed by atoms with Crippen molar-refractivity contribution in [2.24, 2.45) is 5.73 Å². The molecule has 0 spiro atoms. The maximum absolute atomic E-state index is 13.7. The van der Waals surface area contributed by atoms with Crippen molar-refractivity contribution in [3.63, 3.8) is 0 Å². The Morgan fingerprint density at radius 1 is 1.31 bits per heavy atom. The molecule has 1 aliphatic rings. The van der Waals surface area contributed by atoms with Crippen LogP contribution in [0.5, 0.6) is 0 Å². The summed E-state index contributed by atoms with van der Waals surface area (Å²) in [6.07, 6.45) is -1.45. The van der Waals surface area contributed by atoms with E-state index >= 15 is 0 Å². The lowest BCUT2D eigenvalue weighted by molar-refractivity contribution is -0.138. The first kappa shape index (κ1) is 24.7. The van der Waals surface area contributed by atoms with Crippen molar-refractivity contribution in [1.82, 2.24) is 24.8 Å². The zero-order valence-corrected chi connectivity index (χ0v) is 19.9. The molecular weight excluding hydrogens is 531 g/mol. The maximum atomic E-state index is 13.7. The van der Waals surface area contributed by atoms with Crippen molar-refractivity contribution in [2.45, 2.75) is 31.1 Å². The number of rotatable bonds is 6. The van der Waals surface area contributed by atoms with Gasteiger partial charge in [-0.1, -0.05) is 0 Å². The number of imidazole rings is 1. The number of alkyl halides is 3. The van der Waals surface area contributed by atoms with Crippen LogP contribution in [0.15, 0.2) is 29.3 Å². The molecule has 1 aromatic carbocycles. The van der Waals surface area contributed by atoms with Crippen LogP contribution in [-0.4, -0.2) is 50.6 Å². The topological polar surface area (TPSA) is 152 Å². The highest BCUT2D eigenvalue weighted by molar-refractivity contribution is 9.10. The van der Waals surface area contributed by atoms with Gasteiger partial charge in [0.15, 0.2) is 11.5 Å². The molecule has 0 saturated carbocycles. The van der Waals surface area contributed by atoms with E-state index in [1.807, 2.05) is 6.07 Å². The Hall–Kier alpha value is -3.44. The second kappa shape index (κ2) is 9.31. The number of hydrogen-bond acceptors (Lipinski definition) is 8. The van der Waals surface area contributed by atoms with E-state index < -0.39 is 23.2 Å². The van der Waals surface area contributed by atoms with Gasteiger partial charge in [-0.05, 0) is 34.5 Å². The van der Waals surface area contributed by atoms with Crippen LogP contribution in [0.4, 0.5) is 24.7 Å². The van der Waals surface area contributed by atoms with Crippen molar-refractivity contribution in [2.75, 3.05) is 30.3 Å². The van der Waals surface area contributed by atoms with E-state index in [2.05, 4.69) is 36.2 Å². The number of benzene rings is 1. The summed E-state index contributed by atoms with van der Waals surface area (Å²) < 4.78 is 42.6. The molecule has 1 atom stereocenters. The fourth-order valence-corrected chi connectivity index (χ4v) is 4.78. The third-order valence-electron chi connectivity index (χ3n) is 5.90. The van der Waals surface area contributed by atoms with Crippen LogP contribution < -0.4 is 21.7 Å². The summed E-state index contributed by atoms with van der Waals surface area (Å²) >= 11 is 3.16. The van der Waals surface area contributed by atoms with Crippen molar-refractivity contribution in [3.8, 4) is 6.07 Å². The van der Waals surface area contributed by atoms with Gasteiger partial charge in [0.1, 0.15) is 17.4 Å². The first-order valence-electron chi connectivity index (χ1n) is 10.5. The van der Waals surface area contributed by atoms with Gasteiger partial charge in [0.2, 0.25) is 5.91 Å². The second-order valence-corrected chi connectivity index (χ2v) is 9.01. The third-order valence-corrected chi connectivity index (χ3v) is 6.80. The molecule has 0 aliphatic carbocycles. The lowest BCUT2D eigenvalue weighted by atomic mass is 9.99. The smallest absolute Gasteiger partial charge is 0.382 e. The number of carbonyl (C=O) groups excluding carboxylic acids is 1. The Kier molecular flexibility index (Phi) is 6.56. The number of nitrogens with two attached hydrogens (primary N) is 2. The summed E-state index contributed by atoms with van der Waals surface area (Å²) in [5, 5.41) is 11.3. The molecule has 5 N–H and O–H groups in total. The molecule has 3 heterocycles. The fourth-order valence-electron chi connectivity index (χ4n) is 4.09. The molecule has 0 radical (unpaired) electrons. The molecule has 1 unspecified atom stereocenters. The Bertz CT molecular complexity index is 1320. The van der Waals surface area contributed by atoms with Gasteiger partial charge >= 0.3 is 6.18 Å². The Balaban J connectivity index is 1.71. The van der Waals surface area contributed by atoms with Gasteiger partial charge in [0.25, 0.3) is 0 Å². The largest absolute Gasteiger partial charge is 0.417 e. The summed E-state index contributed by atoms with van der Waals surface area (Å²) in [7, 11) is 0. The number of amides is 1. The maximum Gasteiger partial charge on any atom is 0.417 e. The molecular formula is C21H21BrF3N9O. The van der Waals surface area contributed by atoms with Crippen LogP contribution in [0.2, 0.25) is 0 Å². The van der Waals surface area contributed by atoms with E-state index in [0.29, 0.717) is 35.4 Å². The average molecular weight is 552 g/mol. The molecule has 1 saturated heterocycles. The van der Waals surface area contributed by atoms with Gasteiger partial charge in [-0.15, -0.1) is 0 Å². The Morgan fingerprint density at radius 2 is 2.09 bits per heavy atom. The first-order chi connectivity index (χ1) is 16.5. The highest BCUT2D eigenvalue weighted by atomic mass is 79.9. The summed E-state index contributed by atoms with van der Waals surface area (Å²) in [5.41, 5.74) is 11.7. The van der Waals surface area contributed by atoms with Crippen molar-refractivity contribution in [3.05, 3.63) is 40.4 Å². The Morgan fingerprint density at radius 3 is 2.80 bits per heavy atom. The van der Waals surface area contributed by atoms with Crippen LogP contribution in [0.25, 0.3) is 11.2 Å². The predicted octanol–water partition coefficient (Wildman–Crippen LogP) is 2.18. The second-order valence-electron chi connectivity index (χ2n) is 8.22. The fraction of sp³-hybridized carbons (Fsp3) is 0.381. The molecule has 0 bridgehead atoms. The number of nitrogens with zero attached hydrogens (tertiary/aromatic N) is 6. The lowest BCUT2D eigenvalue weighted by Crippen LogP contribution is -2.55. The number of nitrogen functional groups attached to an aromatic ring is 1. The molecule has 1 fully saturated rings. The summed E-state index contributed by atoms with van der Waals surface area (Å²) in [4.78, 5) is 26.7. The SMILES string of the molecule is N#CCCNC(=O)C1(N)CCN(c2ccc(C(F)(F)F)c(Br)c2Cn2cnc3c(N)ncnc32)C1. The first-order valence-corrected chi connectivity index (χ1v) is 11.3. The third kappa shape index (κ3) is 4.73. The standard InChI is InChI=1S/C21H21BrF3N9O/c22-15-12(8-34-11-32-16-17(27)30-10-31-18(16)34)14(3-2-13(15)21(23,24)25)33-7-4-20(28,9-33)19(35)29-6-1-5-26/h2-3,10-11H,1,4,6-9,28H2,(H,29,35)(H2,27,30,31). The van der Waals surface area contributed by atoms with Gasteiger partial charge in [0.05, 0.1) is 30.9 Å². The van der Waals surface area contributed by atoms with E-state index in [9.17, 15) is 18.0 Å². The number of carbonyl (C=O) groups is 1. The van der Waals surface area contributed by atoms with Crippen molar-refractivity contribution in [1.29, 1.82) is 5.26 Å². The molecule has 1 aliphatic heterocycles. The molecule has 35 heavy (non-hydrogen) atoms. The molecule has 10 nitrogen and oxygen atoms in total. The molecule has 14 heteroatoms. The molecule has 184 valence electrons. The van der Waals surface area contributed by atoms with Gasteiger partial charge < -0.3 is 26.3 Å². The monoisotopic (exact) mass is 551 g/mol. The molecule has 1 amide bonds. The lowest BCUT2D eigenvalue weighted by Gasteiger charge is -2.27. The van der Waals surface area contributed by atoms with E-state index in [-0.39, 0.29) is 36.3 Å². The zero-order valence-electron chi connectivity index (χ0n) is 18.3. The van der Waals surface area contributed by atoms with Crippen molar-refractivity contribution >= 4 is 44.5 Å². The average Bonchev–Trinajstić information content (AvgIpc) is 3.40. The van der Waals surface area contributed by atoms with Crippen LogP contribution in [-0.2, 0) is 17.5 Å². The highest BCUT2D eigenvalue weighted by Gasteiger charge is 2.42. The van der Waals surface area contributed by atoms with Crippen LogP contribution in [0, 0.1) is 11.3 Å². The van der Waals surface area contributed by atoms with E-state index in [1.165, 1.54) is 18.7 Å². The number of anilines is 2. The summed E-state index contributed by atoms with van der Waals surface area (Å²) in [6.45, 7) is 0.613. The summed E-state index contributed by atoms with van der Waals surface area (Å²) in [5.74, 6) is -0.248. The Labute approximate surface area is 206 Å². The predicted molar refractivity (Wildman–Crippen MR) is 125 cm³/mol. The van der Waals surface area contributed by atoms with Crippen LogP contribution >= 0.6 is 15.9 Å². The minimum atomic E-state index is -4.58. The number of nitrogens with one attached hydrogen (secondary N) is 1. The van der Waals surface area contributed by atoms with E-state index in [4.69, 9.17) is 16.7 Å². The number of aromatic nitrogens is 4. The highest BCUT2D eigenvalue weighted by Crippen LogP contribution is 2.41. The summed E-state index contributed by atoms with van der Waals surface area (Å²) in [6, 6.07) is 4.32. The van der Waals surface area contributed by atoms with Crippen LogP contribution in [0.3, 0.4) is 0 Å². The van der Waals surface area contributed by atoms with Crippen molar-refractivity contribution < 1.29 is 18.0 Å². The zero-order chi connectivity index (χ0) is 25.4. The number of fused-ring (bicyclic) bond motifs is 1. The van der Waals surface area contributed by atoms with Gasteiger partial charge in [0, 0.05) is 35.4 Å². The minimum Gasteiger partial charge on any atom is -0.382 e. The van der Waals surface area contributed by atoms with Crippen LogP contribution in [0.1, 0.15) is 24.0 Å². The number of hydrogen-bond donors (Lipinski definition) is 3. The van der Waals surface area contributed by atoms with Gasteiger partial charge in [-0.2, -0.15) is 18.4 Å². The van der Waals surface area contributed by atoms with Gasteiger partial charge in [-0.25, -0.2) is 15.0 Å². The minimum absolute atomic E-state index is 0.00473. The van der Waals surface area contributed by atoms with E-state index in [0.717, 1.165) is 6.07 Å². The van der Waals surface area contributed by atoms with Gasteiger partial charge in [-0.3, -0.25) is 4.79 Å². The number of nitriles is 1. The molecule has 3 aromatic rings. The normalized spacial score (nSPS) is 18.1. The number of halogens is 4.